The van der Waals surface area contributed by atoms with Crippen LogP contribution in [0.3, 0.4) is 0 Å². The fourth-order valence-corrected chi connectivity index (χ4v) is 16.5. The normalized spacial score (nSPS) is 10.4. The Balaban J connectivity index is 0.00000125. The van der Waals surface area contributed by atoms with Crippen molar-refractivity contribution >= 4 is 371 Å². The lowest BCUT2D eigenvalue weighted by Crippen LogP contribution is -1.96. The molecule has 8 aromatic rings. The van der Waals surface area contributed by atoms with Gasteiger partial charge in [0.25, 0.3) is 0 Å². The number of hydrogen-bond acceptors (Lipinski definition) is 7. The number of ether oxygens (including phenoxy) is 7. The molecule has 0 N–H and O–H groups in total. The van der Waals surface area contributed by atoms with Crippen molar-refractivity contribution in [3.8, 4) is 68.2 Å². The van der Waals surface area contributed by atoms with Gasteiger partial charge in [0.2, 0.25) is 0 Å². The average molecular weight is 2040 g/mol. The lowest BCUT2D eigenvalue weighted by Gasteiger charge is -2.19. The van der Waals surface area contributed by atoms with Gasteiger partial charge in [0.1, 0.15) is 80.4 Å². The highest BCUT2D eigenvalue weighted by molar-refractivity contribution is 6.59. The number of hydrogen-bond donors (Lipinski definition) is 0. The van der Waals surface area contributed by atoms with Crippen LogP contribution in [0.1, 0.15) is 52.0 Å². The van der Waals surface area contributed by atoms with Gasteiger partial charge in [-0.15, -0.1) is 0 Å². The van der Waals surface area contributed by atoms with Crippen LogP contribution in [0.5, 0.6) is 46.0 Å². The topological polar surface area (TPSA) is 64.6 Å². The van der Waals surface area contributed by atoms with E-state index in [0.717, 1.165) is 11.1 Å². The van der Waals surface area contributed by atoms with Gasteiger partial charge in [0, 0.05) is 22.3 Å². The molecule has 0 aliphatic rings. The molecule has 0 radical (unpaired) electrons. The van der Waals surface area contributed by atoms with E-state index in [-0.39, 0.29) is 227 Å². The summed E-state index contributed by atoms with van der Waals surface area (Å²) in [4.78, 5) is 0. The van der Waals surface area contributed by atoms with Gasteiger partial charge in [-0.1, -0.05) is 401 Å². The monoisotopic (exact) mass is 2020 g/mol. The van der Waals surface area contributed by atoms with Crippen LogP contribution in [0.15, 0.2) is 0 Å². The summed E-state index contributed by atoms with van der Waals surface area (Å²) < 4.78 is 35.9. The predicted molar refractivity (Wildman–Crippen MR) is 455 cm³/mol. The van der Waals surface area contributed by atoms with Crippen molar-refractivity contribution in [2.24, 2.45) is 0 Å². The van der Waals surface area contributed by atoms with Gasteiger partial charge >= 0.3 is 0 Å². The van der Waals surface area contributed by atoms with Crippen molar-refractivity contribution in [2.75, 3.05) is 42.7 Å². The molecule has 0 aromatic heterocycles. The van der Waals surface area contributed by atoms with Crippen molar-refractivity contribution < 1.29 is 33.2 Å². The van der Waals surface area contributed by atoms with Gasteiger partial charge in [0.05, 0.1) is 123 Å². The van der Waals surface area contributed by atoms with Crippen LogP contribution < -0.4 is 33.2 Å². The molecular formula is C62H46Cl32O7. The standard InChI is InChI=1S/C14H6Cl8O3.C14H6Cl8O2.C14H6Cl8.C8H6Cl4O2.C8H6Cl4.4CH4/c1-23-11-3(15)7(19)13(8(20)4(11)16)25-14-9(21)5(17)12(24-2)6(18)10(14)22;1-23-13-9(19)5(15)3(6(16)10(13)20)4-7(17)11(21)14(24-2)12(22)8(4)18;1-3-7(15)11(19)5(12(20)8(3)16)6-13(21)9(17)4(2)10(18)14(6)22;1-13-7-3(9)5(11)8(14-2)6(12)4(7)10;1-3-5(9)7(11)4(2)8(12)6(3)10;;;;/h1-2H3;1-2H3;1-2H3;1-2H3;1-2H3;4*1H4. The Bertz CT molecular complexity index is 3880. The van der Waals surface area contributed by atoms with Crippen LogP contribution in [0.2, 0.25) is 161 Å². The fraction of sp³-hybridized carbons (Fsp3) is 0.226. The minimum absolute atomic E-state index is 0. The molecule has 0 saturated heterocycles. The lowest BCUT2D eigenvalue weighted by atomic mass is 10.0. The molecule has 0 heterocycles. The van der Waals surface area contributed by atoms with Gasteiger partial charge in [0.15, 0.2) is 46.0 Å². The first-order valence-corrected chi connectivity index (χ1v) is 36.7. The third kappa shape index (κ3) is 21.3. The number of methoxy groups -OCH3 is 6. The van der Waals surface area contributed by atoms with Gasteiger partial charge in [-0.2, -0.15) is 0 Å². The minimum atomic E-state index is -0.0970. The number of rotatable bonds is 10. The second-order valence-corrected chi connectivity index (χ2v) is 30.1. The molecule has 0 bridgehead atoms. The van der Waals surface area contributed by atoms with E-state index < -0.39 is 0 Å². The Kier molecular flexibility index (Phi) is 44.9. The van der Waals surface area contributed by atoms with E-state index in [0.29, 0.717) is 42.3 Å². The zero-order valence-electron chi connectivity index (χ0n) is 49.0. The maximum Gasteiger partial charge on any atom is 0.168 e. The number of halogens is 32. The Morgan fingerprint density at radius 3 is 0.347 bits per heavy atom. The minimum Gasteiger partial charge on any atom is -0.494 e. The zero-order chi connectivity index (χ0) is 74.7. The highest BCUT2D eigenvalue weighted by Gasteiger charge is 2.32. The molecule has 101 heavy (non-hydrogen) atoms. The van der Waals surface area contributed by atoms with E-state index in [1.54, 1.807) is 27.7 Å². The van der Waals surface area contributed by atoms with Crippen LogP contribution in [-0.4, -0.2) is 42.7 Å². The molecule has 39 heteroatoms. The molecule has 0 atom stereocenters. The van der Waals surface area contributed by atoms with Crippen molar-refractivity contribution in [2.45, 2.75) is 57.4 Å². The molecule has 0 unspecified atom stereocenters. The third-order valence-electron chi connectivity index (χ3n) is 12.6. The summed E-state index contributed by atoms with van der Waals surface area (Å²) in [7, 11) is 8.31. The highest BCUT2D eigenvalue weighted by Crippen LogP contribution is 2.60. The largest absolute Gasteiger partial charge is 0.494 e. The second kappa shape index (κ2) is 44.2. The molecule has 560 valence electrons. The average Bonchev–Trinajstić information content (AvgIpc) is 0.762. The van der Waals surface area contributed by atoms with E-state index in [1.165, 1.54) is 42.7 Å². The molecule has 0 aliphatic carbocycles. The SMILES string of the molecule is C.C.C.C.COc1c(Cl)c(Cl)c(-c2c(Cl)c(Cl)c(OC)c(Cl)c2Cl)c(Cl)c1Cl.COc1c(Cl)c(Cl)c(OC)c(Cl)c1Cl.COc1c(Cl)c(Cl)c(Oc2c(Cl)c(Cl)c(OC)c(Cl)c2Cl)c(Cl)c1Cl.Cc1c(Cl)c(Cl)c(-c2c(Cl)c(Cl)c(C)c(Cl)c2Cl)c(Cl)c1Cl.Cc1c(Cl)c(Cl)c(C)c(Cl)c1Cl. The van der Waals surface area contributed by atoms with Gasteiger partial charge in [-0.3, -0.25) is 0 Å². The molecule has 0 fully saturated rings. The number of benzene rings is 8. The molecular weight excluding hydrogens is 1990 g/mol. The van der Waals surface area contributed by atoms with E-state index in [2.05, 4.69) is 0 Å². The first kappa shape index (κ1) is 103. The summed E-state index contributed by atoms with van der Waals surface area (Å²) in [5, 5.41) is 4.34. The Labute approximate surface area is 745 Å². The summed E-state index contributed by atoms with van der Waals surface area (Å²) >= 11 is 196. The molecule has 0 saturated carbocycles. The fourth-order valence-electron chi connectivity index (χ4n) is 7.57. The summed E-state index contributed by atoms with van der Waals surface area (Å²) in [6.45, 7) is 6.96. The quantitative estimate of drug-likeness (QED) is 0.126. The summed E-state index contributed by atoms with van der Waals surface area (Å²) in [5.74, 6) is 0.709. The molecule has 0 amide bonds. The Morgan fingerprint density at radius 2 is 0.228 bits per heavy atom. The first-order chi connectivity index (χ1) is 45.0. The van der Waals surface area contributed by atoms with Crippen molar-refractivity contribution in [3.63, 3.8) is 0 Å². The van der Waals surface area contributed by atoms with Crippen molar-refractivity contribution in [3.05, 3.63) is 183 Å². The maximum atomic E-state index is 6.32. The Hall–Kier alpha value is 1.64. The molecule has 8 rings (SSSR count). The molecule has 0 aliphatic heterocycles. The van der Waals surface area contributed by atoms with E-state index in [9.17, 15) is 0 Å². The van der Waals surface area contributed by atoms with E-state index in [4.69, 9.17) is 404 Å². The highest BCUT2D eigenvalue weighted by atomic mass is 35.5. The van der Waals surface area contributed by atoms with Gasteiger partial charge < -0.3 is 33.2 Å². The van der Waals surface area contributed by atoms with Crippen LogP contribution in [0.4, 0.5) is 0 Å². The van der Waals surface area contributed by atoms with Crippen LogP contribution in [0, 0.1) is 27.7 Å². The smallest absolute Gasteiger partial charge is 0.168 e. The molecule has 8 aromatic carbocycles. The summed E-state index contributed by atoms with van der Waals surface area (Å²) in [6, 6.07) is 0. The van der Waals surface area contributed by atoms with Gasteiger partial charge in [-0.05, 0) is 49.9 Å². The maximum absolute atomic E-state index is 6.32. The van der Waals surface area contributed by atoms with Crippen molar-refractivity contribution in [1.29, 1.82) is 0 Å². The van der Waals surface area contributed by atoms with E-state index >= 15 is 0 Å². The van der Waals surface area contributed by atoms with Crippen LogP contribution in [-0.2, 0) is 0 Å². The van der Waals surface area contributed by atoms with Gasteiger partial charge in [-0.25, -0.2) is 0 Å². The van der Waals surface area contributed by atoms with Crippen LogP contribution in [0.25, 0.3) is 22.3 Å². The summed E-state index contributed by atoms with van der Waals surface area (Å²) in [5.41, 5.74) is 3.49. The lowest BCUT2D eigenvalue weighted by molar-refractivity contribution is 0.404. The van der Waals surface area contributed by atoms with Crippen molar-refractivity contribution in [1.82, 2.24) is 0 Å². The zero-order valence-corrected chi connectivity index (χ0v) is 73.1. The molecule has 0 spiro atoms. The third-order valence-corrected chi connectivity index (χ3v) is 26.7. The predicted octanol–water partition coefficient (Wildman–Crippen LogP) is 38.3. The Morgan fingerprint density at radius 1 is 0.139 bits per heavy atom. The first-order valence-electron chi connectivity index (χ1n) is 24.6. The molecule has 7 nitrogen and oxygen atoms in total. The van der Waals surface area contributed by atoms with E-state index in [1.807, 2.05) is 0 Å². The van der Waals surface area contributed by atoms with Crippen LogP contribution >= 0.6 is 371 Å². The summed E-state index contributed by atoms with van der Waals surface area (Å²) in [6.07, 6.45) is 0. The second-order valence-electron chi connectivity index (χ2n) is 18.0.